The van der Waals surface area contributed by atoms with Crippen molar-refractivity contribution in [1.29, 1.82) is 0 Å². The molecular formula is C6H12N2O. The largest absolute Gasteiger partial charge is 0.380 e. The molecule has 0 aliphatic heterocycles. The molecule has 3 nitrogen and oxygen atoms in total. The Morgan fingerprint density at radius 2 is 2.33 bits per heavy atom. The van der Waals surface area contributed by atoms with Gasteiger partial charge in [-0.15, -0.1) is 0 Å². The second-order valence-electron chi connectivity index (χ2n) is 1.78. The minimum absolute atomic E-state index is 0.187. The molecule has 0 saturated heterocycles. The predicted molar refractivity (Wildman–Crippen MR) is 36.6 cm³/mol. The van der Waals surface area contributed by atoms with Gasteiger partial charge in [0.15, 0.2) is 0 Å². The second-order valence-corrected chi connectivity index (χ2v) is 1.78. The molecule has 9 heavy (non-hydrogen) atoms. The maximum absolute atomic E-state index is 10.1. The molecule has 0 aliphatic rings. The average Bonchev–Trinajstić information content (AvgIpc) is 1.83. The molecule has 0 rings (SSSR count). The van der Waals surface area contributed by atoms with Crippen LogP contribution in [-0.2, 0) is 4.79 Å². The summed E-state index contributed by atoms with van der Waals surface area (Å²) in [5.41, 5.74) is 5.69. The minimum Gasteiger partial charge on any atom is -0.380 e. The van der Waals surface area contributed by atoms with Crippen LogP contribution in [0.25, 0.3) is 0 Å². The molecular weight excluding hydrogens is 116 g/mol. The van der Waals surface area contributed by atoms with E-state index in [0.29, 0.717) is 0 Å². The fourth-order valence-corrected chi connectivity index (χ4v) is 0.337. The lowest BCUT2D eigenvalue weighted by Gasteiger charge is -2.02. The molecule has 0 unspecified atom stereocenters. The molecule has 3 N–H and O–H groups in total. The number of rotatable bonds is 4. The van der Waals surface area contributed by atoms with Gasteiger partial charge in [0.2, 0.25) is 5.91 Å². The minimum atomic E-state index is -0.357. The van der Waals surface area contributed by atoms with E-state index in [1.54, 1.807) is 0 Å². The van der Waals surface area contributed by atoms with E-state index in [4.69, 9.17) is 5.73 Å². The maximum atomic E-state index is 10.1. The summed E-state index contributed by atoms with van der Waals surface area (Å²) in [6, 6.07) is 0. The van der Waals surface area contributed by atoms with Crippen LogP contribution in [0.2, 0.25) is 0 Å². The molecule has 0 bridgehead atoms. The van der Waals surface area contributed by atoms with Crippen molar-refractivity contribution in [3.8, 4) is 0 Å². The first-order valence-electron chi connectivity index (χ1n) is 2.86. The Labute approximate surface area is 54.9 Å². The molecule has 0 aromatic rings. The van der Waals surface area contributed by atoms with Gasteiger partial charge in [0.1, 0.15) is 0 Å². The Hall–Kier alpha value is -0.990. The third-order valence-electron chi connectivity index (χ3n) is 0.939. The van der Waals surface area contributed by atoms with Gasteiger partial charge in [-0.25, -0.2) is 0 Å². The van der Waals surface area contributed by atoms with Gasteiger partial charge >= 0.3 is 0 Å². The number of nitrogens with one attached hydrogen (secondary N) is 1. The predicted octanol–water partition coefficient (Wildman–Crippen LogP) is -0.0150. The first-order chi connectivity index (χ1) is 4.16. The molecule has 0 aromatic heterocycles. The summed E-state index contributed by atoms with van der Waals surface area (Å²) in [5.74, 6) is -0.357. The zero-order chi connectivity index (χ0) is 7.28. The molecule has 1 amide bonds. The van der Waals surface area contributed by atoms with E-state index in [-0.39, 0.29) is 12.5 Å². The van der Waals surface area contributed by atoms with Crippen molar-refractivity contribution in [3.05, 3.63) is 12.3 Å². The average molecular weight is 128 g/mol. The number of primary amides is 1. The molecule has 0 atom stereocenters. The fourth-order valence-electron chi connectivity index (χ4n) is 0.337. The van der Waals surface area contributed by atoms with Crippen LogP contribution in [0.4, 0.5) is 0 Å². The Bertz CT molecular complexity index is 120. The highest BCUT2D eigenvalue weighted by atomic mass is 16.1. The van der Waals surface area contributed by atoms with Crippen molar-refractivity contribution in [1.82, 2.24) is 5.32 Å². The van der Waals surface area contributed by atoms with Crippen LogP contribution in [-0.4, -0.2) is 12.5 Å². The van der Waals surface area contributed by atoms with Gasteiger partial charge in [0, 0.05) is 5.70 Å². The van der Waals surface area contributed by atoms with Crippen LogP contribution in [0.1, 0.15) is 13.3 Å². The lowest BCUT2D eigenvalue weighted by Crippen LogP contribution is -2.27. The van der Waals surface area contributed by atoms with Gasteiger partial charge in [0.05, 0.1) is 6.54 Å². The van der Waals surface area contributed by atoms with Crippen molar-refractivity contribution >= 4 is 5.91 Å². The molecule has 0 heterocycles. The monoisotopic (exact) mass is 128 g/mol. The van der Waals surface area contributed by atoms with E-state index >= 15 is 0 Å². The summed E-state index contributed by atoms with van der Waals surface area (Å²) in [6.45, 7) is 5.77. The van der Waals surface area contributed by atoms with Crippen LogP contribution < -0.4 is 11.1 Å². The number of nitrogens with two attached hydrogens (primary N) is 1. The Morgan fingerprint density at radius 3 is 2.67 bits per heavy atom. The molecule has 0 fully saturated rings. The zero-order valence-electron chi connectivity index (χ0n) is 5.61. The maximum Gasteiger partial charge on any atom is 0.236 e. The van der Waals surface area contributed by atoms with Gasteiger partial charge in [-0.3, -0.25) is 4.79 Å². The summed E-state index contributed by atoms with van der Waals surface area (Å²) in [6.07, 6.45) is 0.827. The number of hydrogen-bond acceptors (Lipinski definition) is 2. The van der Waals surface area contributed by atoms with E-state index in [0.717, 1.165) is 12.1 Å². The van der Waals surface area contributed by atoms with Crippen molar-refractivity contribution < 1.29 is 4.79 Å². The Balaban J connectivity index is 3.28. The standard InChI is InChI=1S/C6H12N2O/c1-3-5(2)8-4-6(7)9/h8H,2-4H2,1H3,(H2,7,9). The molecule has 0 saturated carbocycles. The smallest absolute Gasteiger partial charge is 0.236 e. The van der Waals surface area contributed by atoms with E-state index in [1.807, 2.05) is 6.92 Å². The number of amides is 1. The van der Waals surface area contributed by atoms with Crippen molar-refractivity contribution in [3.63, 3.8) is 0 Å². The molecule has 0 spiro atoms. The molecule has 0 aromatic carbocycles. The topological polar surface area (TPSA) is 55.1 Å². The Morgan fingerprint density at radius 1 is 1.78 bits per heavy atom. The zero-order valence-corrected chi connectivity index (χ0v) is 5.61. The first-order valence-corrected chi connectivity index (χ1v) is 2.86. The van der Waals surface area contributed by atoms with Gasteiger partial charge < -0.3 is 11.1 Å². The SMILES string of the molecule is C=C(CC)NCC(N)=O. The fraction of sp³-hybridized carbons (Fsp3) is 0.500. The summed E-state index contributed by atoms with van der Waals surface area (Å²) >= 11 is 0. The van der Waals surface area contributed by atoms with Gasteiger partial charge in [-0.05, 0) is 6.42 Å². The Kier molecular flexibility index (Phi) is 3.51. The van der Waals surface area contributed by atoms with Gasteiger partial charge in [-0.2, -0.15) is 0 Å². The van der Waals surface area contributed by atoms with E-state index < -0.39 is 0 Å². The van der Waals surface area contributed by atoms with Crippen LogP contribution >= 0.6 is 0 Å². The van der Waals surface area contributed by atoms with Crippen LogP contribution in [0.3, 0.4) is 0 Å². The number of allylic oxidation sites excluding steroid dienone is 1. The summed E-state index contributed by atoms with van der Waals surface area (Å²) in [7, 11) is 0. The molecule has 0 aliphatic carbocycles. The number of carbonyl (C=O) groups is 1. The summed E-state index contributed by atoms with van der Waals surface area (Å²) < 4.78 is 0. The molecule has 52 valence electrons. The van der Waals surface area contributed by atoms with Crippen molar-refractivity contribution in [2.24, 2.45) is 5.73 Å². The highest BCUT2D eigenvalue weighted by molar-refractivity contribution is 5.76. The van der Waals surface area contributed by atoms with Crippen LogP contribution in [0.15, 0.2) is 12.3 Å². The van der Waals surface area contributed by atoms with Gasteiger partial charge in [-0.1, -0.05) is 13.5 Å². The lowest BCUT2D eigenvalue weighted by molar-refractivity contribution is -0.117. The number of carbonyl (C=O) groups excluding carboxylic acids is 1. The van der Waals surface area contributed by atoms with Crippen molar-refractivity contribution in [2.45, 2.75) is 13.3 Å². The number of hydrogen-bond donors (Lipinski definition) is 2. The summed E-state index contributed by atoms with van der Waals surface area (Å²) in [5, 5.41) is 2.76. The van der Waals surface area contributed by atoms with E-state index in [2.05, 4.69) is 11.9 Å². The third-order valence-corrected chi connectivity index (χ3v) is 0.939. The highest BCUT2D eigenvalue weighted by Gasteiger charge is 1.91. The molecule has 3 heteroatoms. The lowest BCUT2D eigenvalue weighted by atomic mass is 10.4. The van der Waals surface area contributed by atoms with Crippen LogP contribution in [0.5, 0.6) is 0 Å². The summed E-state index contributed by atoms with van der Waals surface area (Å²) in [4.78, 5) is 10.1. The first kappa shape index (κ1) is 8.01. The van der Waals surface area contributed by atoms with E-state index in [1.165, 1.54) is 0 Å². The van der Waals surface area contributed by atoms with Crippen molar-refractivity contribution in [2.75, 3.05) is 6.54 Å². The third kappa shape index (κ3) is 4.87. The van der Waals surface area contributed by atoms with E-state index in [9.17, 15) is 4.79 Å². The quantitative estimate of drug-likeness (QED) is 0.559. The molecule has 0 radical (unpaired) electrons. The van der Waals surface area contributed by atoms with Gasteiger partial charge in [0.25, 0.3) is 0 Å². The highest BCUT2D eigenvalue weighted by Crippen LogP contribution is 1.87. The normalized spacial score (nSPS) is 8.56. The second kappa shape index (κ2) is 3.95. The van der Waals surface area contributed by atoms with Crippen LogP contribution in [0, 0.1) is 0 Å².